The van der Waals surface area contributed by atoms with Crippen LogP contribution in [0.3, 0.4) is 0 Å². The summed E-state index contributed by atoms with van der Waals surface area (Å²) in [5, 5.41) is 3.13. The zero-order valence-corrected chi connectivity index (χ0v) is 19.6. The number of fused-ring (bicyclic) bond motifs is 1. The summed E-state index contributed by atoms with van der Waals surface area (Å²) in [4.78, 5) is 38.2. The number of carbonyl (C=O) groups is 2. The van der Waals surface area contributed by atoms with Crippen LogP contribution in [0.25, 0.3) is 0 Å². The van der Waals surface area contributed by atoms with Crippen LogP contribution in [-0.2, 0) is 4.79 Å². The van der Waals surface area contributed by atoms with Crippen molar-refractivity contribution in [2.24, 2.45) is 5.92 Å². The number of aryl methyl sites for hydroxylation is 1. The molecule has 0 N–H and O–H groups in total. The minimum absolute atomic E-state index is 0.0214. The zero-order chi connectivity index (χ0) is 22.1. The summed E-state index contributed by atoms with van der Waals surface area (Å²) in [5.41, 5.74) is 1.74. The Kier molecular flexibility index (Phi) is 6.17. The summed E-state index contributed by atoms with van der Waals surface area (Å²) >= 11 is 1.67. The molecular weight excluding hydrogens is 420 g/mol. The smallest absolute Gasteiger partial charge is 0.254 e. The number of hydrogen-bond acceptors (Lipinski definition) is 5. The van der Waals surface area contributed by atoms with Crippen LogP contribution in [0.15, 0.2) is 35.7 Å². The van der Waals surface area contributed by atoms with Gasteiger partial charge in [-0.3, -0.25) is 9.59 Å². The van der Waals surface area contributed by atoms with E-state index < -0.39 is 0 Å². The number of anilines is 1. The monoisotopic (exact) mass is 452 g/mol. The number of carbonyl (C=O) groups excluding carboxylic acids is 2. The summed E-state index contributed by atoms with van der Waals surface area (Å²) in [7, 11) is 0. The lowest BCUT2D eigenvalue weighted by atomic mass is 9.84. The highest BCUT2D eigenvalue weighted by atomic mass is 32.1. The van der Waals surface area contributed by atoms with E-state index in [-0.39, 0.29) is 23.9 Å². The molecule has 170 valence electrons. The van der Waals surface area contributed by atoms with E-state index in [4.69, 9.17) is 0 Å². The zero-order valence-electron chi connectivity index (χ0n) is 18.8. The van der Waals surface area contributed by atoms with E-state index >= 15 is 0 Å². The molecule has 2 amide bonds. The molecule has 3 unspecified atom stereocenters. The summed E-state index contributed by atoms with van der Waals surface area (Å²) in [5.74, 6) is 0.612. The molecule has 2 aliphatic heterocycles. The predicted molar refractivity (Wildman–Crippen MR) is 127 cm³/mol. The first-order valence-corrected chi connectivity index (χ1v) is 12.8. The molecule has 0 radical (unpaired) electrons. The molecule has 1 aliphatic carbocycles. The van der Waals surface area contributed by atoms with Crippen LogP contribution in [0.4, 0.5) is 5.13 Å². The molecule has 3 atom stereocenters. The van der Waals surface area contributed by atoms with Crippen molar-refractivity contribution >= 4 is 28.3 Å². The lowest BCUT2D eigenvalue weighted by Crippen LogP contribution is -2.51. The van der Waals surface area contributed by atoms with Gasteiger partial charge in [0.1, 0.15) is 6.04 Å². The molecule has 2 saturated heterocycles. The highest BCUT2D eigenvalue weighted by Gasteiger charge is 2.48. The van der Waals surface area contributed by atoms with E-state index in [1.165, 1.54) is 6.42 Å². The average molecular weight is 453 g/mol. The SMILES string of the molecule is Cc1csc(N2CCCN(C(=O)C3CC4CCCCC4N3C(=O)c3ccccc3)CC2)n1. The van der Waals surface area contributed by atoms with Gasteiger partial charge in [-0.05, 0) is 50.7 Å². The van der Waals surface area contributed by atoms with Gasteiger partial charge in [0.2, 0.25) is 5.91 Å². The van der Waals surface area contributed by atoms with E-state index in [1.54, 1.807) is 11.3 Å². The molecule has 1 aromatic carbocycles. The minimum atomic E-state index is -0.329. The molecule has 5 rings (SSSR count). The van der Waals surface area contributed by atoms with E-state index in [2.05, 4.69) is 15.3 Å². The van der Waals surface area contributed by atoms with Crippen molar-refractivity contribution in [2.75, 3.05) is 31.1 Å². The lowest BCUT2D eigenvalue weighted by Gasteiger charge is -2.35. The number of nitrogens with zero attached hydrogens (tertiary/aromatic N) is 4. The fourth-order valence-corrected chi connectivity index (χ4v) is 6.59. The highest BCUT2D eigenvalue weighted by Crippen LogP contribution is 2.41. The van der Waals surface area contributed by atoms with Crippen LogP contribution in [0.1, 0.15) is 54.6 Å². The van der Waals surface area contributed by atoms with Crippen LogP contribution in [0, 0.1) is 12.8 Å². The summed E-state index contributed by atoms with van der Waals surface area (Å²) in [6.07, 6.45) is 6.24. The molecule has 1 aromatic heterocycles. The Morgan fingerprint density at radius 2 is 1.81 bits per heavy atom. The first-order valence-electron chi connectivity index (χ1n) is 12.0. The van der Waals surface area contributed by atoms with Gasteiger partial charge in [-0.1, -0.05) is 31.0 Å². The third-order valence-corrected chi connectivity index (χ3v) is 8.33. The van der Waals surface area contributed by atoms with Crippen molar-refractivity contribution < 1.29 is 9.59 Å². The molecule has 3 aliphatic rings. The normalized spacial score (nSPS) is 26.0. The highest BCUT2D eigenvalue weighted by molar-refractivity contribution is 7.13. The first kappa shape index (κ1) is 21.4. The van der Waals surface area contributed by atoms with Gasteiger partial charge in [-0.15, -0.1) is 11.3 Å². The second-order valence-electron chi connectivity index (χ2n) is 9.38. The molecule has 3 fully saturated rings. The second-order valence-corrected chi connectivity index (χ2v) is 10.2. The maximum atomic E-state index is 13.8. The third kappa shape index (κ3) is 4.15. The van der Waals surface area contributed by atoms with Crippen molar-refractivity contribution in [3.8, 4) is 0 Å². The van der Waals surface area contributed by atoms with Gasteiger partial charge in [-0.2, -0.15) is 0 Å². The molecular formula is C25H32N4O2S. The van der Waals surface area contributed by atoms with Crippen molar-refractivity contribution in [1.82, 2.24) is 14.8 Å². The topological polar surface area (TPSA) is 56.8 Å². The van der Waals surface area contributed by atoms with E-state index in [0.29, 0.717) is 18.0 Å². The number of hydrogen-bond donors (Lipinski definition) is 0. The van der Waals surface area contributed by atoms with Gasteiger partial charge in [0.15, 0.2) is 5.13 Å². The summed E-state index contributed by atoms with van der Waals surface area (Å²) < 4.78 is 0. The molecule has 32 heavy (non-hydrogen) atoms. The second kappa shape index (κ2) is 9.22. The maximum Gasteiger partial charge on any atom is 0.254 e. The summed E-state index contributed by atoms with van der Waals surface area (Å²) in [6.45, 7) is 5.17. The average Bonchev–Trinajstić information content (AvgIpc) is 3.34. The number of aromatic nitrogens is 1. The Morgan fingerprint density at radius 3 is 2.59 bits per heavy atom. The molecule has 0 spiro atoms. The van der Waals surface area contributed by atoms with Crippen LogP contribution >= 0.6 is 11.3 Å². The summed E-state index contributed by atoms with van der Waals surface area (Å²) in [6, 6.07) is 9.36. The Bertz CT molecular complexity index is 962. The lowest BCUT2D eigenvalue weighted by molar-refractivity contribution is -0.135. The fraction of sp³-hybridized carbons (Fsp3) is 0.560. The Labute approximate surface area is 194 Å². The first-order chi connectivity index (χ1) is 15.6. The standard InChI is InChI=1S/C25H32N4O2S/c1-18-17-32-25(26-18)28-13-7-12-27(14-15-28)24(31)22-16-20-10-5-6-11-21(20)29(22)23(30)19-8-3-2-4-9-19/h2-4,8-9,17,20-22H,5-7,10-16H2,1H3. The van der Waals surface area contributed by atoms with Gasteiger partial charge in [0, 0.05) is 43.2 Å². The fourth-order valence-electron chi connectivity index (χ4n) is 5.73. The van der Waals surface area contributed by atoms with Gasteiger partial charge in [0.25, 0.3) is 5.91 Å². The molecule has 1 saturated carbocycles. The van der Waals surface area contributed by atoms with Gasteiger partial charge < -0.3 is 14.7 Å². The third-order valence-electron chi connectivity index (χ3n) is 7.31. The molecule has 2 aromatic rings. The van der Waals surface area contributed by atoms with E-state index in [1.807, 2.05) is 47.1 Å². The number of amides is 2. The molecule has 0 bridgehead atoms. The number of benzene rings is 1. The van der Waals surface area contributed by atoms with Gasteiger partial charge in [-0.25, -0.2) is 4.98 Å². The quantitative estimate of drug-likeness (QED) is 0.707. The van der Waals surface area contributed by atoms with Crippen molar-refractivity contribution in [3.05, 3.63) is 47.0 Å². The molecule has 3 heterocycles. The van der Waals surface area contributed by atoms with E-state index in [0.717, 1.165) is 62.6 Å². The van der Waals surface area contributed by atoms with Crippen molar-refractivity contribution in [3.63, 3.8) is 0 Å². The number of thiazole rings is 1. The van der Waals surface area contributed by atoms with Crippen LogP contribution < -0.4 is 4.90 Å². The number of likely N-dealkylation sites (tertiary alicyclic amines) is 1. The van der Waals surface area contributed by atoms with Crippen LogP contribution in [0.2, 0.25) is 0 Å². The largest absolute Gasteiger partial charge is 0.346 e. The van der Waals surface area contributed by atoms with Crippen molar-refractivity contribution in [2.45, 2.75) is 57.5 Å². The minimum Gasteiger partial charge on any atom is -0.346 e. The Morgan fingerprint density at radius 1 is 1.00 bits per heavy atom. The Balaban J connectivity index is 1.34. The van der Waals surface area contributed by atoms with Crippen LogP contribution in [-0.4, -0.2) is 64.9 Å². The maximum absolute atomic E-state index is 13.8. The number of rotatable bonds is 3. The van der Waals surface area contributed by atoms with Gasteiger partial charge in [0.05, 0.1) is 5.69 Å². The van der Waals surface area contributed by atoms with Gasteiger partial charge >= 0.3 is 0 Å². The Hall–Kier alpha value is -2.41. The van der Waals surface area contributed by atoms with E-state index in [9.17, 15) is 9.59 Å². The van der Waals surface area contributed by atoms with Crippen molar-refractivity contribution in [1.29, 1.82) is 0 Å². The van der Waals surface area contributed by atoms with Crippen LogP contribution in [0.5, 0.6) is 0 Å². The molecule has 7 heteroatoms. The predicted octanol–water partition coefficient (Wildman–Crippen LogP) is 3.96. The molecule has 6 nitrogen and oxygen atoms in total.